The number of amides is 2. The van der Waals surface area contributed by atoms with E-state index in [2.05, 4.69) is 45.2 Å². The van der Waals surface area contributed by atoms with Crippen molar-refractivity contribution in [1.29, 1.82) is 0 Å². The molecule has 32 heavy (non-hydrogen) atoms. The molecule has 1 unspecified atom stereocenters. The number of carbonyl (C=O) groups is 2. The fraction of sp³-hybridized carbons (Fsp3) is 0.208. The van der Waals surface area contributed by atoms with Gasteiger partial charge in [-0.15, -0.1) is 0 Å². The number of aromatic nitrogens is 3. The van der Waals surface area contributed by atoms with Crippen LogP contribution in [0.5, 0.6) is 0 Å². The Bertz CT molecular complexity index is 1410. The molecule has 3 aliphatic heterocycles. The topological polar surface area (TPSA) is 92.0 Å². The van der Waals surface area contributed by atoms with E-state index in [1.165, 1.54) is 5.56 Å². The maximum absolute atomic E-state index is 13.0. The van der Waals surface area contributed by atoms with Crippen molar-refractivity contribution < 1.29 is 9.59 Å². The van der Waals surface area contributed by atoms with Crippen molar-refractivity contribution in [2.45, 2.75) is 26.3 Å². The molecule has 3 aliphatic rings. The first-order chi connectivity index (χ1) is 15.5. The van der Waals surface area contributed by atoms with Crippen LogP contribution in [0.25, 0.3) is 11.2 Å². The maximum Gasteiger partial charge on any atom is 0.261 e. The number of carbonyl (C=O) groups excluding carboxylic acids is 2. The van der Waals surface area contributed by atoms with Gasteiger partial charge in [0.05, 0.1) is 34.3 Å². The maximum atomic E-state index is 13.0. The first-order valence-electron chi connectivity index (χ1n) is 10.6. The van der Waals surface area contributed by atoms with Crippen LogP contribution < -0.4 is 10.2 Å². The van der Waals surface area contributed by atoms with E-state index in [1.54, 1.807) is 35.4 Å². The minimum Gasteiger partial charge on any atom is -0.342 e. The number of nitrogens with zero attached hydrogens (tertiary/aromatic N) is 5. The molecular weight excluding hydrogens is 404 g/mol. The number of anilines is 1. The lowest BCUT2D eigenvalue weighted by Gasteiger charge is -2.27. The van der Waals surface area contributed by atoms with Crippen LogP contribution >= 0.6 is 0 Å². The van der Waals surface area contributed by atoms with E-state index in [9.17, 15) is 9.59 Å². The van der Waals surface area contributed by atoms with Gasteiger partial charge in [0.15, 0.2) is 5.65 Å². The zero-order chi connectivity index (χ0) is 22.0. The summed E-state index contributed by atoms with van der Waals surface area (Å²) in [6, 6.07) is 8.15. The Morgan fingerprint density at radius 2 is 1.94 bits per heavy atom. The van der Waals surface area contributed by atoms with E-state index in [1.807, 2.05) is 18.3 Å². The summed E-state index contributed by atoms with van der Waals surface area (Å²) in [6.07, 6.45) is 9.57. The highest BCUT2D eigenvalue weighted by atomic mass is 16.2. The van der Waals surface area contributed by atoms with E-state index >= 15 is 0 Å². The zero-order valence-corrected chi connectivity index (χ0v) is 17.6. The van der Waals surface area contributed by atoms with Crippen molar-refractivity contribution in [2.24, 2.45) is 10.9 Å². The second-order valence-corrected chi connectivity index (χ2v) is 8.49. The molecule has 0 saturated heterocycles. The summed E-state index contributed by atoms with van der Waals surface area (Å²) in [7, 11) is 0. The van der Waals surface area contributed by atoms with Gasteiger partial charge in [-0.25, -0.2) is 9.50 Å². The molecule has 0 spiro atoms. The number of imide groups is 1. The number of hydrogen-bond donors (Lipinski definition) is 1. The first kappa shape index (κ1) is 18.7. The number of benzene rings is 1. The minimum absolute atomic E-state index is 0.250. The monoisotopic (exact) mass is 424 g/mol. The molecule has 0 bridgehead atoms. The van der Waals surface area contributed by atoms with Crippen molar-refractivity contribution in [3.63, 3.8) is 0 Å². The van der Waals surface area contributed by atoms with Crippen molar-refractivity contribution >= 4 is 34.4 Å². The SMILES string of the molecule is CC(C)C1Cc2cccc3c2N1C=CN=C3C1=C(c2cnn3cccnc23)C(=O)NC1=O. The molecule has 2 amide bonds. The molecule has 0 saturated carbocycles. The van der Waals surface area contributed by atoms with Gasteiger partial charge in [-0.2, -0.15) is 5.10 Å². The largest absolute Gasteiger partial charge is 0.342 e. The van der Waals surface area contributed by atoms with Crippen LogP contribution in [0.1, 0.15) is 30.5 Å². The highest BCUT2D eigenvalue weighted by Gasteiger charge is 2.40. The van der Waals surface area contributed by atoms with E-state index < -0.39 is 11.8 Å². The number of rotatable bonds is 3. The lowest BCUT2D eigenvalue weighted by Crippen LogP contribution is -2.32. The normalized spacial score (nSPS) is 19.7. The third-order valence-electron chi connectivity index (χ3n) is 6.34. The van der Waals surface area contributed by atoms with Gasteiger partial charge in [0, 0.05) is 36.4 Å². The highest BCUT2D eigenvalue weighted by molar-refractivity contribution is 6.48. The Hall–Kier alpha value is -4.07. The predicted molar refractivity (Wildman–Crippen MR) is 120 cm³/mol. The second-order valence-electron chi connectivity index (χ2n) is 8.49. The summed E-state index contributed by atoms with van der Waals surface area (Å²) in [5.74, 6) is -0.486. The number of fused-ring (bicyclic) bond motifs is 1. The van der Waals surface area contributed by atoms with Crippen LogP contribution in [0, 0.1) is 5.92 Å². The Balaban J connectivity index is 1.59. The van der Waals surface area contributed by atoms with Gasteiger partial charge in [0.25, 0.3) is 11.8 Å². The molecule has 1 aromatic carbocycles. The Labute approximate surface area is 184 Å². The molecule has 8 nitrogen and oxygen atoms in total. The third kappa shape index (κ3) is 2.52. The molecule has 1 atom stereocenters. The Kier molecular flexibility index (Phi) is 3.92. The fourth-order valence-electron chi connectivity index (χ4n) is 4.87. The van der Waals surface area contributed by atoms with Crippen LogP contribution in [0.3, 0.4) is 0 Å². The lowest BCUT2D eigenvalue weighted by atomic mass is 9.93. The fourth-order valence-corrected chi connectivity index (χ4v) is 4.87. The minimum atomic E-state index is -0.467. The molecule has 1 N–H and O–H groups in total. The van der Waals surface area contributed by atoms with E-state index in [0.717, 1.165) is 17.7 Å². The van der Waals surface area contributed by atoms with Gasteiger partial charge >= 0.3 is 0 Å². The zero-order valence-electron chi connectivity index (χ0n) is 17.6. The Morgan fingerprint density at radius 1 is 1.09 bits per heavy atom. The van der Waals surface area contributed by atoms with Crippen LogP contribution in [0.4, 0.5) is 5.69 Å². The average Bonchev–Trinajstić information content (AvgIpc) is 3.40. The number of aliphatic imine (C=N–C) groups is 1. The van der Waals surface area contributed by atoms with Gasteiger partial charge < -0.3 is 4.90 Å². The number of para-hydroxylation sites is 1. The highest BCUT2D eigenvalue weighted by Crippen LogP contribution is 2.41. The molecule has 0 radical (unpaired) electrons. The van der Waals surface area contributed by atoms with E-state index in [4.69, 9.17) is 0 Å². The van der Waals surface area contributed by atoms with Crippen LogP contribution in [-0.2, 0) is 16.0 Å². The molecule has 8 heteroatoms. The molecule has 3 aromatic rings. The molecule has 5 heterocycles. The van der Waals surface area contributed by atoms with Crippen molar-refractivity contribution in [3.05, 3.63) is 77.5 Å². The van der Waals surface area contributed by atoms with Crippen LogP contribution in [0.2, 0.25) is 0 Å². The lowest BCUT2D eigenvalue weighted by molar-refractivity contribution is -0.123. The van der Waals surface area contributed by atoms with Crippen LogP contribution in [0.15, 0.2) is 65.8 Å². The first-order valence-corrected chi connectivity index (χ1v) is 10.6. The molecule has 6 rings (SSSR count). The summed E-state index contributed by atoms with van der Waals surface area (Å²) in [6.45, 7) is 4.41. The second kappa shape index (κ2) is 6.71. The van der Waals surface area contributed by atoms with Crippen molar-refractivity contribution in [2.75, 3.05) is 4.90 Å². The van der Waals surface area contributed by atoms with Crippen molar-refractivity contribution in [3.8, 4) is 0 Å². The van der Waals surface area contributed by atoms with Crippen LogP contribution in [-0.4, -0.2) is 38.2 Å². The average molecular weight is 424 g/mol. The van der Waals surface area contributed by atoms with E-state index in [0.29, 0.717) is 28.9 Å². The Morgan fingerprint density at radius 3 is 2.78 bits per heavy atom. The quantitative estimate of drug-likeness (QED) is 0.653. The van der Waals surface area contributed by atoms with Gasteiger partial charge in [0.2, 0.25) is 0 Å². The van der Waals surface area contributed by atoms with Gasteiger partial charge in [-0.05, 0) is 24.0 Å². The van der Waals surface area contributed by atoms with Gasteiger partial charge in [-0.3, -0.25) is 19.9 Å². The molecule has 158 valence electrons. The van der Waals surface area contributed by atoms with E-state index in [-0.39, 0.29) is 11.1 Å². The smallest absolute Gasteiger partial charge is 0.261 e. The molecule has 0 fully saturated rings. The van der Waals surface area contributed by atoms with Gasteiger partial charge in [-0.1, -0.05) is 32.0 Å². The molecular formula is C24H20N6O2. The van der Waals surface area contributed by atoms with Crippen molar-refractivity contribution in [1.82, 2.24) is 19.9 Å². The standard InChI is InChI=1S/C24H20N6O2/c1-13(2)17-11-14-5-3-6-15-20(25-8-10-29(17)21(14)15)19-18(23(31)28-24(19)32)16-12-27-30-9-4-7-26-22(16)30/h3-10,12-13,17H,11H2,1-2H3,(H,28,31,32). The third-order valence-corrected chi connectivity index (χ3v) is 6.34. The molecule has 0 aliphatic carbocycles. The van der Waals surface area contributed by atoms with Gasteiger partial charge in [0.1, 0.15) is 0 Å². The summed E-state index contributed by atoms with van der Waals surface area (Å²) in [5.41, 5.74) is 5.11. The molecule has 2 aromatic heterocycles. The number of hydrogen-bond acceptors (Lipinski definition) is 6. The predicted octanol–water partition coefficient (Wildman–Crippen LogP) is 2.50. The summed E-state index contributed by atoms with van der Waals surface area (Å²) in [5, 5.41) is 6.75. The number of nitrogens with one attached hydrogen (secondary N) is 1. The summed E-state index contributed by atoms with van der Waals surface area (Å²) < 4.78 is 1.58. The summed E-state index contributed by atoms with van der Waals surface area (Å²) >= 11 is 0. The summed E-state index contributed by atoms with van der Waals surface area (Å²) in [4.78, 5) is 37.3.